The molecule has 1 aliphatic rings. The van der Waals surface area contributed by atoms with E-state index in [1.165, 1.54) is 66.2 Å². The van der Waals surface area contributed by atoms with Gasteiger partial charge in [0.15, 0.2) is 0 Å². The second-order valence-corrected chi connectivity index (χ2v) is 18.1. The Bertz CT molecular complexity index is 4100. The van der Waals surface area contributed by atoms with Crippen LogP contribution in [-0.2, 0) is 6.42 Å². The van der Waals surface area contributed by atoms with Crippen molar-refractivity contribution in [3.63, 3.8) is 0 Å². The molecule has 0 amide bonds. The summed E-state index contributed by atoms with van der Waals surface area (Å²) in [4.78, 5) is 10.6. The van der Waals surface area contributed by atoms with Crippen molar-refractivity contribution in [3.8, 4) is 62.1 Å². The molecule has 0 N–H and O–H groups in total. The van der Waals surface area contributed by atoms with Crippen LogP contribution < -0.4 is 0 Å². The quantitative estimate of drug-likeness (QED) is 0.160. The maximum absolute atomic E-state index is 5.29. The summed E-state index contributed by atoms with van der Waals surface area (Å²) in [5.74, 6) is 0.647. The van der Waals surface area contributed by atoms with Crippen LogP contribution in [0.2, 0.25) is 0 Å². The van der Waals surface area contributed by atoms with Crippen LogP contribution in [-0.4, -0.2) is 23.7 Å². The fraction of sp³-hybridized carbons (Fsp3) is 0.0312. The third-order valence-corrected chi connectivity index (χ3v) is 14.1. The predicted molar refractivity (Wildman–Crippen MR) is 287 cm³/mol. The highest BCUT2D eigenvalue weighted by Gasteiger charge is 2.25. The number of hydrogen-bond acceptors (Lipinski definition) is 2. The Kier molecular flexibility index (Phi) is 8.96. The lowest BCUT2D eigenvalue weighted by molar-refractivity contribution is 0.889. The Labute approximate surface area is 399 Å². The molecule has 0 fully saturated rings. The molecule has 5 heteroatoms. The molecule has 0 spiro atoms. The van der Waals surface area contributed by atoms with Crippen LogP contribution in [0.4, 0.5) is 0 Å². The van der Waals surface area contributed by atoms with Crippen molar-refractivity contribution >= 4 is 60.6 Å². The van der Waals surface area contributed by atoms with Crippen LogP contribution in [0, 0.1) is 0 Å². The third kappa shape index (κ3) is 6.32. The highest BCUT2D eigenvalue weighted by Crippen LogP contribution is 2.44. The number of aromatic nitrogens is 5. The van der Waals surface area contributed by atoms with Gasteiger partial charge in [-0.25, -0.2) is 9.97 Å². The van der Waals surface area contributed by atoms with E-state index in [4.69, 9.17) is 9.97 Å². The fourth-order valence-corrected chi connectivity index (χ4v) is 11.0. The molecule has 1 aliphatic carbocycles. The number of para-hydroxylation sites is 2. The van der Waals surface area contributed by atoms with Gasteiger partial charge in [0, 0.05) is 60.7 Å². The summed E-state index contributed by atoms with van der Waals surface area (Å²) < 4.78 is 7.23. The van der Waals surface area contributed by atoms with E-state index in [0.717, 1.165) is 68.5 Å². The average Bonchev–Trinajstić information content (AvgIpc) is 4.07. The SMILES string of the molecule is C1=Cc2c(n(-c3ccc4c(c3)c3ccccc3n4-c3nc(-c4ccccc4)cc(-c4ccccc4)n3)c3ccc4c(c5ccccc5n4-c4cccc(-c5ccc(-c6ccccc6)cc5)c4)c23)CC1. The lowest BCUT2D eigenvalue weighted by atomic mass is 9.99. The molecule has 0 aliphatic heterocycles. The van der Waals surface area contributed by atoms with Crippen molar-refractivity contribution in [2.45, 2.75) is 12.8 Å². The summed E-state index contributed by atoms with van der Waals surface area (Å²) in [5.41, 5.74) is 19.4. The van der Waals surface area contributed by atoms with Gasteiger partial charge in [0.05, 0.1) is 39.0 Å². The predicted octanol–water partition coefficient (Wildman–Crippen LogP) is 16.2. The molecular formula is C64H43N5. The minimum atomic E-state index is 0.647. The highest BCUT2D eigenvalue weighted by atomic mass is 15.2. The van der Waals surface area contributed by atoms with Crippen molar-refractivity contribution in [3.05, 3.63) is 242 Å². The van der Waals surface area contributed by atoms with Gasteiger partial charge in [0.25, 0.3) is 0 Å². The molecule has 0 radical (unpaired) electrons. The van der Waals surface area contributed by atoms with E-state index >= 15 is 0 Å². The van der Waals surface area contributed by atoms with Crippen LogP contribution in [0.5, 0.6) is 0 Å². The monoisotopic (exact) mass is 881 g/mol. The topological polar surface area (TPSA) is 40.6 Å². The highest BCUT2D eigenvalue weighted by molar-refractivity contribution is 6.23. The van der Waals surface area contributed by atoms with Gasteiger partial charge < -0.3 is 9.13 Å². The van der Waals surface area contributed by atoms with Crippen LogP contribution in [0.25, 0.3) is 123 Å². The molecule has 0 saturated heterocycles. The van der Waals surface area contributed by atoms with Gasteiger partial charge in [0.2, 0.25) is 5.95 Å². The average molecular weight is 882 g/mol. The summed E-state index contributed by atoms with van der Waals surface area (Å²) in [5, 5.41) is 6.15. The maximum Gasteiger partial charge on any atom is 0.235 e. The standard InChI is InChI=1S/C64H43N5/c1-4-17-42(18-5-1)43-31-33-44(34-32-43)47-23-16-24-48(39-47)67-57-29-14-11-26-51(57)62-60(67)37-38-61-63(62)52-27-12-15-30-58(52)68(61)49-35-36-59-53(40-49)50-25-10-13-28-56(50)69(59)64-65-54(45-19-6-2-7-20-45)41-55(66-64)46-21-8-3-9-22-46/h1-14,16-29,31-41H,15,30H2. The van der Waals surface area contributed by atoms with Crippen molar-refractivity contribution in [1.82, 2.24) is 23.7 Å². The van der Waals surface area contributed by atoms with Crippen molar-refractivity contribution in [1.29, 1.82) is 0 Å². The van der Waals surface area contributed by atoms with Crippen LogP contribution in [0.3, 0.4) is 0 Å². The van der Waals surface area contributed by atoms with E-state index in [2.05, 4.69) is 238 Å². The normalized spacial score (nSPS) is 12.5. The van der Waals surface area contributed by atoms with E-state index in [1.807, 2.05) is 12.1 Å². The number of allylic oxidation sites excluding steroid dienone is 1. The van der Waals surface area contributed by atoms with Gasteiger partial charge in [-0.3, -0.25) is 4.57 Å². The smallest absolute Gasteiger partial charge is 0.235 e. The molecule has 13 aromatic rings. The first-order valence-electron chi connectivity index (χ1n) is 23.8. The first-order valence-corrected chi connectivity index (χ1v) is 23.8. The molecule has 4 heterocycles. The Morgan fingerprint density at radius 1 is 0.333 bits per heavy atom. The van der Waals surface area contributed by atoms with Crippen LogP contribution >= 0.6 is 0 Å². The molecule has 9 aromatic carbocycles. The summed E-state index contributed by atoms with van der Waals surface area (Å²) >= 11 is 0. The Morgan fingerprint density at radius 3 is 1.55 bits per heavy atom. The number of rotatable bonds is 7. The lowest BCUT2D eigenvalue weighted by Crippen LogP contribution is -2.04. The largest absolute Gasteiger partial charge is 0.313 e. The van der Waals surface area contributed by atoms with Gasteiger partial charge >= 0.3 is 0 Å². The summed E-state index contributed by atoms with van der Waals surface area (Å²) in [6.07, 6.45) is 6.66. The van der Waals surface area contributed by atoms with E-state index < -0.39 is 0 Å². The van der Waals surface area contributed by atoms with Gasteiger partial charge in [-0.15, -0.1) is 0 Å². The number of benzene rings is 9. The molecule has 5 nitrogen and oxygen atoms in total. The minimum Gasteiger partial charge on any atom is -0.313 e. The second kappa shape index (κ2) is 15.8. The maximum atomic E-state index is 5.29. The Hall–Kier alpha value is -9.06. The molecule has 0 unspecified atom stereocenters. The molecular weight excluding hydrogens is 839 g/mol. The van der Waals surface area contributed by atoms with Crippen LogP contribution in [0.1, 0.15) is 17.7 Å². The van der Waals surface area contributed by atoms with Gasteiger partial charge in [-0.2, -0.15) is 0 Å². The van der Waals surface area contributed by atoms with Crippen molar-refractivity contribution in [2.75, 3.05) is 0 Å². The number of nitrogens with zero attached hydrogens (tertiary/aromatic N) is 5. The van der Waals surface area contributed by atoms with Crippen molar-refractivity contribution in [2.24, 2.45) is 0 Å². The van der Waals surface area contributed by atoms with E-state index in [0.29, 0.717) is 5.95 Å². The molecule has 0 saturated carbocycles. The molecule has 4 aromatic heterocycles. The number of fused-ring (bicyclic) bond motifs is 10. The molecule has 0 bridgehead atoms. The lowest BCUT2D eigenvalue weighted by Gasteiger charge is -2.14. The van der Waals surface area contributed by atoms with Gasteiger partial charge in [0.1, 0.15) is 0 Å². The van der Waals surface area contributed by atoms with Crippen LogP contribution in [0.15, 0.2) is 231 Å². The zero-order valence-corrected chi connectivity index (χ0v) is 37.7. The van der Waals surface area contributed by atoms with Gasteiger partial charge in [-0.1, -0.05) is 176 Å². The zero-order chi connectivity index (χ0) is 45.4. The first-order chi connectivity index (χ1) is 34.2. The Morgan fingerprint density at radius 2 is 0.855 bits per heavy atom. The number of hydrogen-bond donors (Lipinski definition) is 0. The van der Waals surface area contributed by atoms with Gasteiger partial charge in [-0.05, 0) is 95.8 Å². The molecule has 14 rings (SSSR count). The van der Waals surface area contributed by atoms with E-state index in [1.54, 1.807) is 0 Å². The van der Waals surface area contributed by atoms with E-state index in [-0.39, 0.29) is 0 Å². The Balaban J connectivity index is 0.943. The van der Waals surface area contributed by atoms with Crippen molar-refractivity contribution < 1.29 is 0 Å². The van der Waals surface area contributed by atoms with E-state index in [9.17, 15) is 0 Å². The molecule has 324 valence electrons. The second-order valence-electron chi connectivity index (χ2n) is 18.1. The molecule has 0 atom stereocenters. The fourth-order valence-electron chi connectivity index (χ4n) is 11.0. The third-order valence-electron chi connectivity index (χ3n) is 14.1. The molecule has 69 heavy (non-hydrogen) atoms. The summed E-state index contributed by atoms with van der Waals surface area (Å²) in [7, 11) is 0. The zero-order valence-electron chi connectivity index (χ0n) is 37.7. The summed E-state index contributed by atoms with van der Waals surface area (Å²) in [6, 6.07) is 80.7. The first kappa shape index (κ1) is 39.1. The minimum absolute atomic E-state index is 0.647. The summed E-state index contributed by atoms with van der Waals surface area (Å²) in [6.45, 7) is 0.